The van der Waals surface area contributed by atoms with E-state index >= 15 is 0 Å². The third-order valence-corrected chi connectivity index (χ3v) is 8.00. The number of rotatable bonds is 18. The van der Waals surface area contributed by atoms with Gasteiger partial charge >= 0.3 is 0 Å². The molecule has 0 N–H and O–H groups in total. The molecule has 0 spiro atoms. The molecule has 1 heterocycles. The van der Waals surface area contributed by atoms with Crippen LogP contribution in [0.1, 0.15) is 122 Å². The molecule has 0 saturated heterocycles. The number of ether oxygens (including phenoxy) is 1. The minimum absolute atomic E-state index is 0.639. The van der Waals surface area contributed by atoms with Crippen molar-refractivity contribution in [3.8, 4) is 17.1 Å². The lowest BCUT2D eigenvalue weighted by atomic mass is 9.79. The molecule has 0 atom stereocenters. The Morgan fingerprint density at radius 2 is 1.38 bits per heavy atom. The molecule has 3 heteroatoms. The first-order valence-electron chi connectivity index (χ1n) is 15.5. The summed E-state index contributed by atoms with van der Waals surface area (Å²) in [6.45, 7) is 5.21. The van der Waals surface area contributed by atoms with Gasteiger partial charge in [-0.2, -0.15) is 0 Å². The number of hydrogen-bond acceptors (Lipinski definition) is 3. The van der Waals surface area contributed by atoms with Crippen LogP contribution < -0.4 is 4.74 Å². The Morgan fingerprint density at radius 3 is 2.05 bits per heavy atom. The van der Waals surface area contributed by atoms with Gasteiger partial charge in [0.2, 0.25) is 0 Å². The number of hydrogen-bond donors (Lipinski definition) is 0. The Kier molecular flexibility index (Phi) is 14.4. The van der Waals surface area contributed by atoms with Crippen LogP contribution in [0.15, 0.2) is 48.8 Å². The SMILES string of the molecule is CCCCCCCCCCc1cnc(-c2ccc(OCC=CC3CCC(CCCCC)CC3)cc2)nc1. The molecular weight excluding hydrogens is 452 g/mol. The number of benzene rings is 1. The Morgan fingerprint density at radius 1 is 0.757 bits per heavy atom. The van der Waals surface area contributed by atoms with Gasteiger partial charge in [0.15, 0.2) is 5.82 Å². The van der Waals surface area contributed by atoms with Gasteiger partial charge in [0.05, 0.1) is 0 Å². The predicted octanol–water partition coefficient (Wildman–Crippen LogP) is 10.1. The number of allylic oxidation sites excluding steroid dienone is 1. The Bertz CT molecular complexity index is 850. The van der Waals surface area contributed by atoms with Crippen LogP contribution in [0.3, 0.4) is 0 Å². The number of aromatic nitrogens is 2. The molecule has 1 saturated carbocycles. The van der Waals surface area contributed by atoms with E-state index in [2.05, 4.69) is 48.1 Å². The minimum Gasteiger partial charge on any atom is -0.490 e. The predicted molar refractivity (Wildman–Crippen MR) is 158 cm³/mol. The lowest BCUT2D eigenvalue weighted by Gasteiger charge is -2.26. The molecule has 2 aromatic rings. The zero-order chi connectivity index (χ0) is 26.0. The normalized spacial score (nSPS) is 17.9. The van der Waals surface area contributed by atoms with E-state index in [0.717, 1.165) is 35.4 Å². The van der Waals surface area contributed by atoms with Crippen molar-refractivity contribution in [3.63, 3.8) is 0 Å². The quantitative estimate of drug-likeness (QED) is 0.150. The smallest absolute Gasteiger partial charge is 0.159 e. The van der Waals surface area contributed by atoms with Gasteiger partial charge in [0, 0.05) is 18.0 Å². The minimum atomic E-state index is 0.639. The number of aryl methyl sites for hydroxylation is 1. The summed E-state index contributed by atoms with van der Waals surface area (Å²) in [6, 6.07) is 8.18. The summed E-state index contributed by atoms with van der Waals surface area (Å²) >= 11 is 0. The van der Waals surface area contributed by atoms with Crippen LogP contribution in [0.2, 0.25) is 0 Å². The average molecular weight is 505 g/mol. The number of unbranched alkanes of at least 4 members (excludes halogenated alkanes) is 9. The van der Waals surface area contributed by atoms with Gasteiger partial charge < -0.3 is 4.74 Å². The van der Waals surface area contributed by atoms with Crippen LogP contribution in [-0.2, 0) is 6.42 Å². The molecule has 0 aliphatic heterocycles. The maximum atomic E-state index is 5.96. The highest BCUT2D eigenvalue weighted by Crippen LogP contribution is 2.32. The second kappa shape index (κ2) is 18.2. The lowest BCUT2D eigenvalue weighted by molar-refractivity contribution is 0.288. The van der Waals surface area contributed by atoms with Crippen molar-refractivity contribution < 1.29 is 4.74 Å². The zero-order valence-corrected chi connectivity index (χ0v) is 23.8. The van der Waals surface area contributed by atoms with Crippen molar-refractivity contribution >= 4 is 0 Å². The molecule has 3 nitrogen and oxygen atoms in total. The molecular formula is C34H52N2O. The van der Waals surface area contributed by atoms with Crippen molar-refractivity contribution in [1.29, 1.82) is 0 Å². The molecule has 0 radical (unpaired) electrons. The molecule has 1 fully saturated rings. The Hall–Kier alpha value is -2.16. The van der Waals surface area contributed by atoms with Gasteiger partial charge in [-0.1, -0.05) is 96.6 Å². The largest absolute Gasteiger partial charge is 0.490 e. The van der Waals surface area contributed by atoms with Crippen LogP contribution in [0, 0.1) is 11.8 Å². The molecule has 0 amide bonds. The van der Waals surface area contributed by atoms with E-state index in [1.165, 1.54) is 108 Å². The Labute approximate surface area is 227 Å². The maximum absolute atomic E-state index is 5.96. The van der Waals surface area contributed by atoms with Crippen molar-refractivity contribution in [3.05, 3.63) is 54.4 Å². The number of nitrogens with zero attached hydrogens (tertiary/aromatic N) is 2. The van der Waals surface area contributed by atoms with E-state index in [1.807, 2.05) is 24.5 Å². The van der Waals surface area contributed by atoms with E-state index in [0.29, 0.717) is 6.61 Å². The third-order valence-electron chi connectivity index (χ3n) is 8.00. The highest BCUT2D eigenvalue weighted by molar-refractivity contribution is 5.55. The maximum Gasteiger partial charge on any atom is 0.159 e. The van der Waals surface area contributed by atoms with Gasteiger partial charge in [-0.25, -0.2) is 9.97 Å². The van der Waals surface area contributed by atoms with Crippen molar-refractivity contribution in [2.75, 3.05) is 6.61 Å². The van der Waals surface area contributed by atoms with Gasteiger partial charge in [0.25, 0.3) is 0 Å². The summed E-state index contributed by atoms with van der Waals surface area (Å²) in [5.41, 5.74) is 2.28. The zero-order valence-electron chi connectivity index (χ0n) is 23.8. The molecule has 0 bridgehead atoms. The van der Waals surface area contributed by atoms with Gasteiger partial charge in [0.1, 0.15) is 12.4 Å². The molecule has 0 unspecified atom stereocenters. The van der Waals surface area contributed by atoms with Crippen LogP contribution in [0.5, 0.6) is 5.75 Å². The summed E-state index contributed by atoms with van der Waals surface area (Å²) in [4.78, 5) is 9.23. The second-order valence-electron chi connectivity index (χ2n) is 11.2. The fraction of sp³-hybridized carbons (Fsp3) is 0.647. The monoisotopic (exact) mass is 504 g/mol. The second-order valence-corrected chi connectivity index (χ2v) is 11.2. The third kappa shape index (κ3) is 11.8. The van der Waals surface area contributed by atoms with E-state index in [4.69, 9.17) is 4.74 Å². The Balaban J connectivity index is 1.30. The topological polar surface area (TPSA) is 35.0 Å². The van der Waals surface area contributed by atoms with Gasteiger partial charge in [-0.15, -0.1) is 0 Å². The van der Waals surface area contributed by atoms with Crippen molar-refractivity contribution in [2.24, 2.45) is 11.8 Å². The van der Waals surface area contributed by atoms with Crippen LogP contribution in [0.4, 0.5) is 0 Å². The van der Waals surface area contributed by atoms with Crippen LogP contribution >= 0.6 is 0 Å². The summed E-state index contributed by atoms with van der Waals surface area (Å²) < 4.78 is 5.96. The lowest BCUT2D eigenvalue weighted by Crippen LogP contribution is -2.13. The van der Waals surface area contributed by atoms with E-state index in [-0.39, 0.29) is 0 Å². The molecule has 1 aliphatic rings. The highest BCUT2D eigenvalue weighted by Gasteiger charge is 2.18. The first-order chi connectivity index (χ1) is 18.3. The molecule has 204 valence electrons. The fourth-order valence-corrected chi connectivity index (χ4v) is 5.54. The fourth-order valence-electron chi connectivity index (χ4n) is 5.54. The summed E-state index contributed by atoms with van der Waals surface area (Å²) in [6.07, 6.45) is 31.6. The van der Waals surface area contributed by atoms with E-state index in [9.17, 15) is 0 Å². The molecule has 1 aromatic carbocycles. The summed E-state index contributed by atoms with van der Waals surface area (Å²) in [7, 11) is 0. The average Bonchev–Trinajstić information content (AvgIpc) is 2.94. The van der Waals surface area contributed by atoms with E-state index < -0.39 is 0 Å². The van der Waals surface area contributed by atoms with Crippen molar-refractivity contribution in [1.82, 2.24) is 9.97 Å². The molecule has 37 heavy (non-hydrogen) atoms. The van der Waals surface area contributed by atoms with E-state index in [1.54, 1.807) is 0 Å². The first-order valence-corrected chi connectivity index (χ1v) is 15.5. The molecule has 1 aromatic heterocycles. The summed E-state index contributed by atoms with van der Waals surface area (Å²) in [5.74, 6) is 3.40. The van der Waals surface area contributed by atoms with Gasteiger partial charge in [-0.3, -0.25) is 0 Å². The highest BCUT2D eigenvalue weighted by atomic mass is 16.5. The van der Waals surface area contributed by atoms with Crippen molar-refractivity contribution in [2.45, 2.75) is 123 Å². The standard InChI is InChI=1S/C34H52N2O/c1-3-5-7-8-9-10-11-13-16-31-27-35-34(36-28-31)32-22-24-33(25-23-32)37-26-14-17-30-20-18-29(19-21-30)15-12-6-4-2/h14,17,22-25,27-30H,3-13,15-16,18-21,26H2,1-2H3. The van der Waals surface area contributed by atoms with Crippen LogP contribution in [0.25, 0.3) is 11.4 Å². The van der Waals surface area contributed by atoms with Gasteiger partial charge in [-0.05, 0) is 80.2 Å². The molecule has 1 aliphatic carbocycles. The summed E-state index contributed by atoms with van der Waals surface area (Å²) in [5, 5.41) is 0. The first kappa shape index (κ1) is 29.4. The van der Waals surface area contributed by atoms with Crippen LogP contribution in [-0.4, -0.2) is 16.6 Å². The molecule has 3 rings (SSSR count).